The number of benzene rings is 1. The molecule has 0 aromatic heterocycles. The van der Waals surface area contributed by atoms with Gasteiger partial charge >= 0.3 is 0 Å². The number of carbonyl (C=O) groups excluding carboxylic acids is 1. The Morgan fingerprint density at radius 3 is 2.74 bits per heavy atom. The molecule has 1 aromatic carbocycles. The number of hydrogen-bond acceptors (Lipinski definition) is 2. The molecule has 2 atom stereocenters. The van der Waals surface area contributed by atoms with Crippen molar-refractivity contribution in [3.63, 3.8) is 0 Å². The summed E-state index contributed by atoms with van der Waals surface area (Å²) in [5, 5.41) is 0. The van der Waals surface area contributed by atoms with E-state index >= 15 is 0 Å². The SMILES string of the molecule is Cc1ccc(F)c(C(=O)N2CCC(N)C(C)C2)c1F. The molecule has 1 heterocycles. The minimum atomic E-state index is -0.810. The Morgan fingerprint density at radius 2 is 2.11 bits per heavy atom. The van der Waals surface area contributed by atoms with Crippen molar-refractivity contribution in [1.29, 1.82) is 0 Å². The van der Waals surface area contributed by atoms with Crippen molar-refractivity contribution < 1.29 is 13.6 Å². The van der Waals surface area contributed by atoms with Gasteiger partial charge in [-0.3, -0.25) is 4.79 Å². The van der Waals surface area contributed by atoms with Crippen LogP contribution in [-0.4, -0.2) is 29.9 Å². The summed E-state index contributed by atoms with van der Waals surface area (Å²) in [4.78, 5) is 13.7. The van der Waals surface area contributed by atoms with Crippen molar-refractivity contribution in [2.24, 2.45) is 11.7 Å². The van der Waals surface area contributed by atoms with Crippen LogP contribution in [0.4, 0.5) is 8.78 Å². The molecule has 1 fully saturated rings. The summed E-state index contributed by atoms with van der Waals surface area (Å²) in [6, 6.07) is 2.50. The van der Waals surface area contributed by atoms with Crippen LogP contribution in [0.15, 0.2) is 12.1 Å². The molecule has 2 unspecified atom stereocenters. The fourth-order valence-electron chi connectivity index (χ4n) is 2.36. The first-order chi connectivity index (χ1) is 8.91. The van der Waals surface area contributed by atoms with E-state index in [1.54, 1.807) is 0 Å². The molecule has 0 spiro atoms. The van der Waals surface area contributed by atoms with Crippen LogP contribution in [0.25, 0.3) is 0 Å². The average Bonchev–Trinajstić information content (AvgIpc) is 2.37. The van der Waals surface area contributed by atoms with Crippen LogP contribution < -0.4 is 5.73 Å². The summed E-state index contributed by atoms with van der Waals surface area (Å²) in [7, 11) is 0. The quantitative estimate of drug-likeness (QED) is 0.847. The predicted molar refractivity (Wildman–Crippen MR) is 68.8 cm³/mol. The molecule has 5 heteroatoms. The Bertz CT molecular complexity index is 504. The second kappa shape index (κ2) is 5.25. The van der Waals surface area contributed by atoms with Crippen molar-refractivity contribution in [1.82, 2.24) is 4.90 Å². The van der Waals surface area contributed by atoms with Crippen LogP contribution in [0.5, 0.6) is 0 Å². The van der Waals surface area contributed by atoms with Crippen molar-refractivity contribution in [2.75, 3.05) is 13.1 Å². The lowest BCUT2D eigenvalue weighted by Crippen LogP contribution is -2.48. The van der Waals surface area contributed by atoms with Gasteiger partial charge in [-0.25, -0.2) is 8.78 Å². The van der Waals surface area contributed by atoms with Crippen LogP contribution >= 0.6 is 0 Å². The van der Waals surface area contributed by atoms with Crippen LogP contribution in [-0.2, 0) is 0 Å². The van der Waals surface area contributed by atoms with Gasteiger partial charge < -0.3 is 10.6 Å². The zero-order valence-electron chi connectivity index (χ0n) is 11.1. The molecule has 3 nitrogen and oxygen atoms in total. The molecule has 0 saturated carbocycles. The van der Waals surface area contributed by atoms with Gasteiger partial charge in [-0.15, -0.1) is 0 Å². The Hall–Kier alpha value is -1.49. The Kier molecular flexibility index (Phi) is 3.85. The number of halogens is 2. The monoisotopic (exact) mass is 268 g/mol. The average molecular weight is 268 g/mol. The third-order valence-electron chi connectivity index (χ3n) is 3.76. The smallest absolute Gasteiger partial charge is 0.259 e. The van der Waals surface area contributed by atoms with E-state index in [0.717, 1.165) is 6.07 Å². The number of amides is 1. The van der Waals surface area contributed by atoms with E-state index in [1.165, 1.54) is 17.9 Å². The summed E-state index contributed by atoms with van der Waals surface area (Å²) in [5.41, 5.74) is 5.69. The zero-order chi connectivity index (χ0) is 14.2. The molecule has 2 rings (SSSR count). The Balaban J connectivity index is 2.28. The number of rotatable bonds is 1. The largest absolute Gasteiger partial charge is 0.338 e. The van der Waals surface area contributed by atoms with Crippen molar-refractivity contribution >= 4 is 5.91 Å². The van der Waals surface area contributed by atoms with Crippen LogP contribution in [0.3, 0.4) is 0 Å². The van der Waals surface area contributed by atoms with E-state index in [9.17, 15) is 13.6 Å². The van der Waals surface area contributed by atoms with Gasteiger partial charge in [0.05, 0.1) is 0 Å². The lowest BCUT2D eigenvalue weighted by Gasteiger charge is -2.35. The molecule has 1 saturated heterocycles. The fraction of sp³-hybridized carbons (Fsp3) is 0.500. The van der Waals surface area contributed by atoms with E-state index in [1.807, 2.05) is 6.92 Å². The Labute approximate surface area is 111 Å². The maximum Gasteiger partial charge on any atom is 0.259 e. The standard InChI is InChI=1S/C14H18F2N2O/c1-8-3-4-10(15)12(13(8)16)14(19)18-6-5-11(17)9(2)7-18/h3-4,9,11H,5-7,17H2,1-2H3. The second-order valence-corrected chi connectivity index (χ2v) is 5.23. The molecule has 19 heavy (non-hydrogen) atoms. The fourth-order valence-corrected chi connectivity index (χ4v) is 2.36. The molecule has 1 amide bonds. The van der Waals surface area contributed by atoms with Gasteiger partial charge in [-0.2, -0.15) is 0 Å². The highest BCUT2D eigenvalue weighted by molar-refractivity contribution is 5.95. The van der Waals surface area contributed by atoms with E-state index in [-0.39, 0.29) is 17.5 Å². The molecule has 0 bridgehead atoms. The van der Waals surface area contributed by atoms with Gasteiger partial charge in [-0.1, -0.05) is 13.0 Å². The summed E-state index contributed by atoms with van der Waals surface area (Å²) in [6.07, 6.45) is 0.655. The number of carbonyl (C=O) groups is 1. The van der Waals surface area contributed by atoms with Crippen molar-refractivity contribution in [2.45, 2.75) is 26.3 Å². The van der Waals surface area contributed by atoms with Crippen LogP contribution in [0.1, 0.15) is 29.3 Å². The normalized spacial score (nSPS) is 23.5. The molecule has 0 aliphatic carbocycles. The molecular weight excluding hydrogens is 250 g/mol. The zero-order valence-corrected chi connectivity index (χ0v) is 11.1. The summed E-state index contributed by atoms with van der Waals surface area (Å²) in [6.45, 7) is 4.33. The third kappa shape index (κ3) is 2.61. The van der Waals surface area contributed by atoms with Gasteiger partial charge in [0.15, 0.2) is 0 Å². The highest BCUT2D eigenvalue weighted by Gasteiger charge is 2.30. The molecule has 0 radical (unpaired) electrons. The van der Waals surface area contributed by atoms with Gasteiger partial charge in [0.25, 0.3) is 5.91 Å². The maximum absolute atomic E-state index is 13.9. The first-order valence-corrected chi connectivity index (χ1v) is 6.41. The molecule has 1 aliphatic heterocycles. The highest BCUT2D eigenvalue weighted by Crippen LogP contribution is 2.22. The number of aryl methyl sites for hydroxylation is 1. The minimum Gasteiger partial charge on any atom is -0.338 e. The van der Waals surface area contributed by atoms with Gasteiger partial charge in [-0.05, 0) is 30.9 Å². The first kappa shape index (κ1) is 13.9. The number of piperidine rings is 1. The molecular formula is C14H18F2N2O. The molecule has 1 aromatic rings. The summed E-state index contributed by atoms with van der Waals surface area (Å²) >= 11 is 0. The second-order valence-electron chi connectivity index (χ2n) is 5.23. The highest BCUT2D eigenvalue weighted by atomic mass is 19.1. The van der Waals surface area contributed by atoms with E-state index in [0.29, 0.717) is 19.5 Å². The number of nitrogens with two attached hydrogens (primary N) is 1. The number of nitrogens with zero attached hydrogens (tertiary/aromatic N) is 1. The summed E-state index contributed by atoms with van der Waals surface area (Å²) < 4.78 is 27.6. The molecule has 2 N–H and O–H groups in total. The van der Waals surface area contributed by atoms with Crippen LogP contribution in [0, 0.1) is 24.5 Å². The lowest BCUT2D eigenvalue weighted by molar-refractivity contribution is 0.0654. The van der Waals surface area contributed by atoms with Crippen molar-refractivity contribution in [3.8, 4) is 0 Å². The minimum absolute atomic E-state index is 0.0382. The van der Waals surface area contributed by atoms with E-state index in [4.69, 9.17) is 5.73 Å². The number of hydrogen-bond donors (Lipinski definition) is 1. The van der Waals surface area contributed by atoms with Crippen LogP contribution in [0.2, 0.25) is 0 Å². The maximum atomic E-state index is 13.9. The topological polar surface area (TPSA) is 46.3 Å². The Morgan fingerprint density at radius 1 is 1.42 bits per heavy atom. The van der Waals surface area contributed by atoms with E-state index in [2.05, 4.69) is 0 Å². The molecule has 1 aliphatic rings. The molecule has 104 valence electrons. The van der Waals surface area contributed by atoms with E-state index < -0.39 is 23.1 Å². The van der Waals surface area contributed by atoms with Gasteiger partial charge in [0.1, 0.15) is 17.2 Å². The number of likely N-dealkylation sites (tertiary alicyclic amines) is 1. The first-order valence-electron chi connectivity index (χ1n) is 6.41. The van der Waals surface area contributed by atoms with Crippen molar-refractivity contribution in [3.05, 3.63) is 34.9 Å². The summed E-state index contributed by atoms with van der Waals surface area (Å²) in [5.74, 6) is -2.03. The van der Waals surface area contributed by atoms with Gasteiger partial charge in [0.2, 0.25) is 0 Å². The van der Waals surface area contributed by atoms with Gasteiger partial charge in [0, 0.05) is 19.1 Å². The predicted octanol–water partition coefficient (Wildman–Crippen LogP) is 2.08. The lowest BCUT2D eigenvalue weighted by atomic mass is 9.94. The third-order valence-corrected chi connectivity index (χ3v) is 3.76.